The SMILES string of the molecule is CCOc1ccccc1C(=O)NCC1(O)CCCc2cc(OC)ccc21. The van der Waals surface area contributed by atoms with Crippen LogP contribution in [0.4, 0.5) is 0 Å². The Kier molecular flexibility index (Phi) is 5.47. The fourth-order valence-corrected chi connectivity index (χ4v) is 3.50. The maximum absolute atomic E-state index is 12.6. The minimum atomic E-state index is -1.07. The molecule has 1 aliphatic rings. The molecule has 0 radical (unpaired) electrons. The minimum absolute atomic E-state index is 0.158. The van der Waals surface area contributed by atoms with Gasteiger partial charge >= 0.3 is 0 Å². The molecule has 3 rings (SSSR count). The molecule has 0 bridgehead atoms. The Bertz CT molecular complexity index is 789. The number of rotatable bonds is 6. The summed E-state index contributed by atoms with van der Waals surface area (Å²) >= 11 is 0. The molecule has 0 saturated carbocycles. The summed E-state index contributed by atoms with van der Waals surface area (Å²) in [6, 6.07) is 12.8. The molecule has 0 saturated heterocycles. The number of aliphatic hydroxyl groups is 1. The molecule has 1 aliphatic carbocycles. The number of aryl methyl sites for hydroxylation is 1. The van der Waals surface area contributed by atoms with E-state index in [-0.39, 0.29) is 12.5 Å². The van der Waals surface area contributed by atoms with Crippen molar-refractivity contribution in [3.63, 3.8) is 0 Å². The van der Waals surface area contributed by atoms with Gasteiger partial charge in [0.1, 0.15) is 17.1 Å². The van der Waals surface area contributed by atoms with Gasteiger partial charge < -0.3 is 19.9 Å². The smallest absolute Gasteiger partial charge is 0.255 e. The Labute approximate surface area is 153 Å². The highest BCUT2D eigenvalue weighted by Crippen LogP contribution is 2.36. The van der Waals surface area contributed by atoms with Crippen LogP contribution in [0.2, 0.25) is 0 Å². The third-order valence-corrected chi connectivity index (χ3v) is 4.82. The third-order valence-electron chi connectivity index (χ3n) is 4.82. The predicted octanol–water partition coefficient (Wildman–Crippen LogP) is 3.05. The van der Waals surface area contributed by atoms with E-state index < -0.39 is 5.60 Å². The first-order valence-corrected chi connectivity index (χ1v) is 8.97. The molecule has 0 spiro atoms. The van der Waals surface area contributed by atoms with Crippen LogP contribution in [0.3, 0.4) is 0 Å². The average Bonchev–Trinajstić information content (AvgIpc) is 2.67. The summed E-state index contributed by atoms with van der Waals surface area (Å²) in [6.45, 7) is 2.53. The molecule has 1 unspecified atom stereocenters. The molecule has 0 aromatic heterocycles. The van der Waals surface area contributed by atoms with Gasteiger partial charge in [0.15, 0.2) is 0 Å². The summed E-state index contributed by atoms with van der Waals surface area (Å²) in [5, 5.41) is 14.0. The number of hydrogen-bond acceptors (Lipinski definition) is 4. The summed E-state index contributed by atoms with van der Waals surface area (Å²) in [5.41, 5.74) is 1.34. The number of nitrogens with one attached hydrogen (secondary N) is 1. The van der Waals surface area contributed by atoms with Gasteiger partial charge in [-0.2, -0.15) is 0 Å². The number of methoxy groups -OCH3 is 1. The number of hydrogen-bond donors (Lipinski definition) is 2. The summed E-state index contributed by atoms with van der Waals surface area (Å²) in [4.78, 5) is 12.6. The lowest BCUT2D eigenvalue weighted by Crippen LogP contribution is -2.43. The van der Waals surface area contributed by atoms with Crippen LogP contribution in [0.1, 0.15) is 41.3 Å². The van der Waals surface area contributed by atoms with Gasteiger partial charge in [0.05, 0.1) is 25.8 Å². The van der Waals surface area contributed by atoms with Gasteiger partial charge in [-0.15, -0.1) is 0 Å². The van der Waals surface area contributed by atoms with E-state index in [9.17, 15) is 9.90 Å². The molecule has 0 aliphatic heterocycles. The zero-order valence-electron chi connectivity index (χ0n) is 15.2. The predicted molar refractivity (Wildman–Crippen MR) is 99.8 cm³/mol. The van der Waals surface area contributed by atoms with Gasteiger partial charge in [-0.05, 0) is 61.6 Å². The first-order valence-electron chi connectivity index (χ1n) is 8.97. The second-order valence-corrected chi connectivity index (χ2v) is 6.52. The average molecular weight is 355 g/mol. The second kappa shape index (κ2) is 7.79. The van der Waals surface area contributed by atoms with Crippen molar-refractivity contribution in [2.24, 2.45) is 0 Å². The molecule has 26 heavy (non-hydrogen) atoms. The molecule has 1 amide bonds. The summed E-state index contributed by atoms with van der Waals surface area (Å²) in [5.74, 6) is 1.08. The standard InChI is InChI=1S/C21H25NO4/c1-3-26-19-9-5-4-8-17(19)20(23)22-14-21(24)12-6-7-15-13-16(25-2)10-11-18(15)21/h4-5,8-11,13,24H,3,6-7,12,14H2,1-2H3,(H,22,23). The Balaban J connectivity index is 1.77. The van der Waals surface area contributed by atoms with Crippen molar-refractivity contribution < 1.29 is 19.4 Å². The Morgan fingerprint density at radius 1 is 1.27 bits per heavy atom. The van der Waals surface area contributed by atoms with E-state index in [1.165, 1.54) is 0 Å². The number of amides is 1. The number of para-hydroxylation sites is 1. The maximum Gasteiger partial charge on any atom is 0.255 e. The maximum atomic E-state index is 12.6. The van der Waals surface area contributed by atoms with Crippen molar-refractivity contribution in [3.8, 4) is 11.5 Å². The van der Waals surface area contributed by atoms with Crippen LogP contribution in [0, 0.1) is 0 Å². The van der Waals surface area contributed by atoms with Crippen LogP contribution in [0.5, 0.6) is 11.5 Å². The Morgan fingerprint density at radius 3 is 2.85 bits per heavy atom. The Hall–Kier alpha value is -2.53. The van der Waals surface area contributed by atoms with Gasteiger partial charge in [-0.1, -0.05) is 18.2 Å². The fourth-order valence-electron chi connectivity index (χ4n) is 3.50. The second-order valence-electron chi connectivity index (χ2n) is 6.52. The van der Waals surface area contributed by atoms with Crippen molar-refractivity contribution in [2.75, 3.05) is 20.3 Å². The molecule has 0 heterocycles. The van der Waals surface area contributed by atoms with E-state index in [0.29, 0.717) is 24.3 Å². The molecule has 138 valence electrons. The van der Waals surface area contributed by atoms with Crippen LogP contribution in [-0.2, 0) is 12.0 Å². The van der Waals surface area contributed by atoms with E-state index in [2.05, 4.69) is 5.32 Å². The molecule has 5 heteroatoms. The van der Waals surface area contributed by atoms with Crippen molar-refractivity contribution in [1.29, 1.82) is 0 Å². The Morgan fingerprint density at radius 2 is 2.08 bits per heavy atom. The lowest BCUT2D eigenvalue weighted by Gasteiger charge is -2.35. The number of benzene rings is 2. The van der Waals surface area contributed by atoms with Crippen molar-refractivity contribution in [1.82, 2.24) is 5.32 Å². The first-order chi connectivity index (χ1) is 12.6. The number of carbonyl (C=O) groups excluding carboxylic acids is 1. The number of carbonyl (C=O) groups is 1. The third kappa shape index (κ3) is 3.68. The lowest BCUT2D eigenvalue weighted by atomic mass is 9.79. The van der Waals surface area contributed by atoms with Crippen LogP contribution in [0.25, 0.3) is 0 Å². The molecule has 2 aromatic rings. The minimum Gasteiger partial charge on any atom is -0.497 e. The lowest BCUT2D eigenvalue weighted by molar-refractivity contribution is 0.0188. The molecule has 2 N–H and O–H groups in total. The van der Waals surface area contributed by atoms with Gasteiger partial charge in [-0.3, -0.25) is 4.79 Å². The van der Waals surface area contributed by atoms with Gasteiger partial charge in [-0.25, -0.2) is 0 Å². The van der Waals surface area contributed by atoms with Crippen LogP contribution >= 0.6 is 0 Å². The molecule has 1 atom stereocenters. The first kappa shape index (κ1) is 18.3. The van der Waals surface area contributed by atoms with Gasteiger partial charge in [0.2, 0.25) is 0 Å². The summed E-state index contributed by atoms with van der Waals surface area (Å²) < 4.78 is 10.8. The zero-order valence-corrected chi connectivity index (χ0v) is 15.2. The van der Waals surface area contributed by atoms with E-state index >= 15 is 0 Å². The molecule has 5 nitrogen and oxygen atoms in total. The summed E-state index contributed by atoms with van der Waals surface area (Å²) in [6.07, 6.45) is 2.37. The van der Waals surface area contributed by atoms with E-state index in [0.717, 1.165) is 29.7 Å². The number of ether oxygens (including phenoxy) is 2. The van der Waals surface area contributed by atoms with E-state index in [4.69, 9.17) is 9.47 Å². The van der Waals surface area contributed by atoms with Crippen LogP contribution < -0.4 is 14.8 Å². The van der Waals surface area contributed by atoms with Crippen LogP contribution in [0.15, 0.2) is 42.5 Å². The van der Waals surface area contributed by atoms with Crippen molar-refractivity contribution in [3.05, 3.63) is 59.2 Å². The number of fused-ring (bicyclic) bond motifs is 1. The van der Waals surface area contributed by atoms with E-state index in [1.54, 1.807) is 25.3 Å². The normalized spacial score (nSPS) is 18.7. The largest absolute Gasteiger partial charge is 0.497 e. The highest BCUT2D eigenvalue weighted by Gasteiger charge is 2.35. The highest BCUT2D eigenvalue weighted by atomic mass is 16.5. The van der Waals surface area contributed by atoms with Gasteiger partial charge in [0.25, 0.3) is 5.91 Å². The van der Waals surface area contributed by atoms with E-state index in [1.807, 2.05) is 31.2 Å². The summed E-state index contributed by atoms with van der Waals surface area (Å²) in [7, 11) is 1.63. The van der Waals surface area contributed by atoms with Gasteiger partial charge in [0, 0.05) is 0 Å². The monoisotopic (exact) mass is 355 g/mol. The quantitative estimate of drug-likeness (QED) is 0.836. The topological polar surface area (TPSA) is 67.8 Å². The zero-order chi connectivity index (χ0) is 18.6. The van der Waals surface area contributed by atoms with Crippen molar-refractivity contribution >= 4 is 5.91 Å². The molecular formula is C21H25NO4. The highest BCUT2D eigenvalue weighted by molar-refractivity contribution is 5.96. The molecular weight excluding hydrogens is 330 g/mol. The van der Waals surface area contributed by atoms with Crippen LogP contribution in [-0.4, -0.2) is 31.3 Å². The molecule has 2 aromatic carbocycles. The molecule has 0 fully saturated rings. The fraction of sp³-hybridized carbons (Fsp3) is 0.381. The van der Waals surface area contributed by atoms with Crippen molar-refractivity contribution in [2.45, 2.75) is 31.8 Å².